The molecule has 0 aromatic heterocycles. The molecule has 0 bridgehead atoms. The van der Waals surface area contributed by atoms with Gasteiger partial charge in [-0.15, -0.1) is 0 Å². The molecule has 2 heterocycles. The van der Waals surface area contributed by atoms with E-state index in [1.807, 2.05) is 0 Å². The minimum absolute atomic E-state index is 0.0226. The second-order valence-electron chi connectivity index (χ2n) is 6.69. The van der Waals surface area contributed by atoms with Crippen LogP contribution in [-0.4, -0.2) is 72.9 Å². The molecule has 28 heavy (non-hydrogen) atoms. The summed E-state index contributed by atoms with van der Waals surface area (Å²) in [6, 6.07) is 4.16. The van der Waals surface area contributed by atoms with Crippen LogP contribution in [0.2, 0.25) is 0 Å². The maximum atomic E-state index is 14.5. The van der Waals surface area contributed by atoms with Gasteiger partial charge in [0.1, 0.15) is 18.8 Å². The highest BCUT2D eigenvalue weighted by Crippen LogP contribution is 2.28. The van der Waals surface area contributed by atoms with Gasteiger partial charge in [0.05, 0.1) is 25.3 Å². The lowest BCUT2D eigenvalue weighted by atomic mass is 10.2. The van der Waals surface area contributed by atoms with E-state index < -0.39 is 24.6 Å². The number of aliphatic hydroxyl groups is 1. The first kappa shape index (κ1) is 19.9. The predicted molar refractivity (Wildman–Crippen MR) is 95.4 cm³/mol. The van der Waals surface area contributed by atoms with E-state index in [2.05, 4.69) is 5.32 Å². The van der Waals surface area contributed by atoms with Crippen molar-refractivity contribution in [3.8, 4) is 5.75 Å². The third kappa shape index (κ3) is 4.50. The Balaban J connectivity index is 1.61. The Morgan fingerprint density at radius 2 is 2.18 bits per heavy atom. The average molecular weight is 395 g/mol. The average Bonchev–Trinajstić information content (AvgIpc) is 3.27. The van der Waals surface area contributed by atoms with Gasteiger partial charge in [0.25, 0.3) is 0 Å². The molecule has 2 atom stereocenters. The minimum Gasteiger partial charge on any atom is -0.485 e. The van der Waals surface area contributed by atoms with Crippen LogP contribution >= 0.6 is 0 Å². The molecule has 1 aromatic carbocycles. The predicted octanol–water partition coefficient (Wildman–Crippen LogP) is 0.259. The SMILES string of the molecule is CC(=O)NC[C@H]1CN(c2ccc(OC3CCN(C(=O)CO)C3)c(F)c2)C(=O)O1. The molecule has 3 amide bonds. The summed E-state index contributed by atoms with van der Waals surface area (Å²) < 4.78 is 25.3. The largest absolute Gasteiger partial charge is 0.485 e. The molecule has 2 aliphatic heterocycles. The molecule has 2 fully saturated rings. The number of amides is 3. The van der Waals surface area contributed by atoms with Crippen molar-refractivity contribution in [1.29, 1.82) is 0 Å². The normalized spacial score (nSPS) is 21.6. The minimum atomic E-state index is -0.637. The van der Waals surface area contributed by atoms with Gasteiger partial charge < -0.3 is 24.8 Å². The van der Waals surface area contributed by atoms with Crippen molar-refractivity contribution in [3.05, 3.63) is 24.0 Å². The van der Waals surface area contributed by atoms with Crippen LogP contribution in [0.5, 0.6) is 5.75 Å². The third-order valence-electron chi connectivity index (χ3n) is 4.61. The summed E-state index contributed by atoms with van der Waals surface area (Å²) in [5.41, 5.74) is 0.323. The lowest BCUT2D eigenvalue weighted by Crippen LogP contribution is -2.33. The number of cyclic esters (lactones) is 1. The molecule has 0 saturated carbocycles. The molecule has 3 rings (SSSR count). The highest BCUT2D eigenvalue weighted by atomic mass is 19.1. The number of carbonyl (C=O) groups excluding carboxylic acids is 3. The molecule has 10 heteroatoms. The number of rotatable bonds is 6. The molecule has 1 aromatic rings. The van der Waals surface area contributed by atoms with E-state index in [1.54, 1.807) is 6.07 Å². The number of anilines is 1. The van der Waals surface area contributed by atoms with Crippen LogP contribution in [0, 0.1) is 5.82 Å². The van der Waals surface area contributed by atoms with Crippen LogP contribution in [0.3, 0.4) is 0 Å². The lowest BCUT2D eigenvalue weighted by molar-refractivity contribution is -0.133. The standard InChI is InChI=1S/C18H22FN3O6/c1-11(24)20-7-14-9-22(18(26)28-14)12-2-3-16(15(19)6-12)27-13-4-5-21(8-13)17(25)10-23/h2-3,6,13-14,23H,4-5,7-10H2,1H3,(H,20,24)/t13?,14-/m0/s1. The first-order valence-corrected chi connectivity index (χ1v) is 8.94. The Hall–Kier alpha value is -2.88. The van der Waals surface area contributed by atoms with Crippen LogP contribution in [0.25, 0.3) is 0 Å². The highest BCUT2D eigenvalue weighted by molar-refractivity contribution is 5.90. The molecule has 2 aliphatic rings. The van der Waals surface area contributed by atoms with Crippen molar-refractivity contribution in [3.63, 3.8) is 0 Å². The van der Waals surface area contributed by atoms with Gasteiger partial charge >= 0.3 is 6.09 Å². The molecule has 2 saturated heterocycles. The van der Waals surface area contributed by atoms with Gasteiger partial charge in [-0.2, -0.15) is 0 Å². The fourth-order valence-corrected chi connectivity index (χ4v) is 3.18. The summed E-state index contributed by atoms with van der Waals surface area (Å²) in [6.45, 7) is 1.91. The van der Waals surface area contributed by atoms with Gasteiger partial charge in [-0.1, -0.05) is 0 Å². The van der Waals surface area contributed by atoms with E-state index in [-0.39, 0.29) is 43.3 Å². The molecular weight excluding hydrogens is 373 g/mol. The van der Waals surface area contributed by atoms with Crippen molar-refractivity contribution in [1.82, 2.24) is 10.2 Å². The third-order valence-corrected chi connectivity index (χ3v) is 4.61. The zero-order valence-corrected chi connectivity index (χ0v) is 15.4. The molecule has 1 unspecified atom stereocenters. The summed E-state index contributed by atoms with van der Waals surface area (Å²) in [5, 5.41) is 11.5. The van der Waals surface area contributed by atoms with Gasteiger partial charge in [-0.25, -0.2) is 9.18 Å². The first-order valence-electron chi connectivity index (χ1n) is 8.94. The zero-order chi connectivity index (χ0) is 20.3. The fraction of sp³-hybridized carbons (Fsp3) is 0.500. The Morgan fingerprint density at radius 3 is 2.86 bits per heavy atom. The number of ether oxygens (including phenoxy) is 2. The van der Waals surface area contributed by atoms with Crippen LogP contribution in [0.1, 0.15) is 13.3 Å². The Bertz CT molecular complexity index is 774. The van der Waals surface area contributed by atoms with E-state index in [9.17, 15) is 18.8 Å². The van der Waals surface area contributed by atoms with E-state index >= 15 is 0 Å². The van der Waals surface area contributed by atoms with Gasteiger partial charge in [-0.05, 0) is 12.1 Å². The Labute approximate surface area is 161 Å². The Kier molecular flexibility index (Phi) is 5.98. The highest BCUT2D eigenvalue weighted by Gasteiger charge is 2.33. The quantitative estimate of drug-likeness (QED) is 0.715. The van der Waals surface area contributed by atoms with Gasteiger partial charge in [0.15, 0.2) is 11.6 Å². The second-order valence-corrected chi connectivity index (χ2v) is 6.69. The number of benzene rings is 1. The van der Waals surface area contributed by atoms with Crippen molar-refractivity contribution in [2.75, 3.05) is 37.7 Å². The fourth-order valence-electron chi connectivity index (χ4n) is 3.18. The van der Waals surface area contributed by atoms with Crippen LogP contribution < -0.4 is 15.0 Å². The van der Waals surface area contributed by atoms with Crippen LogP contribution in [-0.2, 0) is 14.3 Å². The number of nitrogens with one attached hydrogen (secondary N) is 1. The van der Waals surface area contributed by atoms with Crippen LogP contribution in [0.4, 0.5) is 14.9 Å². The number of hydrogen-bond donors (Lipinski definition) is 2. The summed E-state index contributed by atoms with van der Waals surface area (Å²) in [6.07, 6.45) is -0.952. The van der Waals surface area contributed by atoms with E-state index in [1.165, 1.54) is 28.9 Å². The zero-order valence-electron chi connectivity index (χ0n) is 15.4. The molecule has 152 valence electrons. The van der Waals surface area contributed by atoms with E-state index in [4.69, 9.17) is 14.6 Å². The first-order chi connectivity index (χ1) is 13.4. The number of likely N-dealkylation sites (tertiary alicyclic amines) is 1. The molecule has 9 nitrogen and oxygen atoms in total. The lowest BCUT2D eigenvalue weighted by Gasteiger charge is -2.18. The summed E-state index contributed by atoms with van der Waals surface area (Å²) in [5.74, 6) is -1.23. The second kappa shape index (κ2) is 8.42. The van der Waals surface area contributed by atoms with Gasteiger partial charge in [0.2, 0.25) is 11.8 Å². The molecule has 0 spiro atoms. The topological polar surface area (TPSA) is 108 Å². The number of nitrogens with zero attached hydrogens (tertiary/aromatic N) is 2. The summed E-state index contributed by atoms with van der Waals surface area (Å²) in [7, 11) is 0. The summed E-state index contributed by atoms with van der Waals surface area (Å²) in [4.78, 5) is 37.2. The van der Waals surface area contributed by atoms with Gasteiger partial charge in [-0.3, -0.25) is 14.5 Å². The Morgan fingerprint density at radius 1 is 1.39 bits per heavy atom. The van der Waals surface area contributed by atoms with Crippen molar-refractivity contribution >= 4 is 23.6 Å². The smallest absolute Gasteiger partial charge is 0.414 e. The molecule has 0 radical (unpaired) electrons. The number of hydrogen-bond acceptors (Lipinski definition) is 6. The number of aliphatic hydroxyl groups excluding tert-OH is 1. The van der Waals surface area contributed by atoms with E-state index in [0.29, 0.717) is 18.7 Å². The maximum Gasteiger partial charge on any atom is 0.414 e. The number of carbonyl (C=O) groups is 3. The molecule has 0 aliphatic carbocycles. The molecular formula is C18H22FN3O6. The van der Waals surface area contributed by atoms with Crippen molar-refractivity contribution in [2.24, 2.45) is 0 Å². The van der Waals surface area contributed by atoms with Crippen molar-refractivity contribution < 1.29 is 33.4 Å². The molecule has 2 N–H and O–H groups in total. The number of halogens is 1. The monoisotopic (exact) mass is 395 g/mol. The van der Waals surface area contributed by atoms with Crippen molar-refractivity contribution in [2.45, 2.75) is 25.6 Å². The summed E-state index contributed by atoms with van der Waals surface area (Å²) >= 11 is 0. The van der Waals surface area contributed by atoms with Gasteiger partial charge in [0, 0.05) is 26.0 Å². The van der Waals surface area contributed by atoms with E-state index in [0.717, 1.165) is 0 Å². The van der Waals surface area contributed by atoms with Crippen LogP contribution in [0.15, 0.2) is 18.2 Å². The maximum absolute atomic E-state index is 14.5.